The number of nitro groups is 1. The van der Waals surface area contributed by atoms with E-state index in [9.17, 15) is 10.1 Å². The minimum absolute atomic E-state index is 0.132. The molecule has 2 rings (SSSR count). The van der Waals surface area contributed by atoms with Crippen LogP contribution >= 0.6 is 0 Å². The van der Waals surface area contributed by atoms with Crippen molar-refractivity contribution >= 4 is 11.6 Å². The van der Waals surface area contributed by atoms with Crippen molar-refractivity contribution in [1.82, 2.24) is 19.7 Å². The Kier molecular flexibility index (Phi) is 3.04. The fourth-order valence-corrected chi connectivity index (χ4v) is 1.24. The minimum atomic E-state index is -0.606. The molecule has 0 aliphatic rings. The summed E-state index contributed by atoms with van der Waals surface area (Å²) < 4.78 is 6.83. The van der Waals surface area contributed by atoms with Gasteiger partial charge in [-0.05, 0) is 0 Å². The van der Waals surface area contributed by atoms with Gasteiger partial charge in [0, 0.05) is 14.1 Å². The molecule has 0 saturated heterocycles. The zero-order chi connectivity index (χ0) is 13.1. The highest BCUT2D eigenvalue weighted by Gasteiger charge is 2.19. The van der Waals surface area contributed by atoms with Crippen molar-refractivity contribution in [1.29, 1.82) is 0 Å². The second-order valence-corrected chi connectivity index (χ2v) is 3.34. The Morgan fingerprint density at radius 3 is 2.83 bits per heavy atom. The zero-order valence-corrected chi connectivity index (χ0v) is 9.69. The van der Waals surface area contributed by atoms with Crippen molar-refractivity contribution in [2.45, 2.75) is 0 Å². The molecule has 2 aromatic rings. The molecule has 1 N–H and O–H groups in total. The van der Waals surface area contributed by atoms with E-state index < -0.39 is 4.92 Å². The second kappa shape index (κ2) is 4.65. The van der Waals surface area contributed by atoms with Gasteiger partial charge in [0.1, 0.15) is 6.20 Å². The number of nitrogens with one attached hydrogen (secondary N) is 1. The predicted octanol–water partition coefficient (Wildman–Crippen LogP) is 0.952. The van der Waals surface area contributed by atoms with Crippen LogP contribution in [0.25, 0.3) is 0 Å². The van der Waals surface area contributed by atoms with Gasteiger partial charge in [-0.15, -0.1) is 0 Å². The Bertz CT molecular complexity index is 581. The lowest BCUT2D eigenvalue weighted by Crippen LogP contribution is -2.01. The highest BCUT2D eigenvalue weighted by atomic mass is 16.6. The molecule has 0 amide bonds. The molecule has 0 radical (unpaired) electrons. The van der Waals surface area contributed by atoms with Crippen LogP contribution in [0.1, 0.15) is 0 Å². The first-order chi connectivity index (χ1) is 8.60. The fraction of sp³-hybridized carbons (Fsp3) is 0.222. The van der Waals surface area contributed by atoms with Gasteiger partial charge in [-0.1, -0.05) is 0 Å². The molecule has 0 aliphatic carbocycles. The summed E-state index contributed by atoms with van der Waals surface area (Å²) in [4.78, 5) is 17.9. The van der Waals surface area contributed by atoms with E-state index in [-0.39, 0.29) is 17.5 Å². The summed E-state index contributed by atoms with van der Waals surface area (Å²) in [6.07, 6.45) is 4.10. The van der Waals surface area contributed by atoms with Gasteiger partial charge in [0.2, 0.25) is 5.95 Å². The van der Waals surface area contributed by atoms with Crippen LogP contribution < -0.4 is 10.1 Å². The molecule has 0 fully saturated rings. The van der Waals surface area contributed by atoms with Crippen molar-refractivity contribution in [2.75, 3.05) is 12.4 Å². The first-order valence-corrected chi connectivity index (χ1v) is 4.96. The first-order valence-electron chi connectivity index (χ1n) is 4.96. The lowest BCUT2D eigenvalue weighted by molar-refractivity contribution is -0.386. The SMILES string of the molecule is CNc1ncc([N+](=O)[O-])c(Oc2cnn(C)c2)n1. The molecule has 0 unspecified atom stereocenters. The third-order valence-electron chi connectivity index (χ3n) is 2.05. The van der Waals surface area contributed by atoms with Crippen LogP contribution in [0.5, 0.6) is 11.6 Å². The molecule has 9 heteroatoms. The summed E-state index contributed by atoms with van der Waals surface area (Å²) in [5, 5.41) is 17.4. The maximum absolute atomic E-state index is 10.8. The van der Waals surface area contributed by atoms with Crippen molar-refractivity contribution in [3.8, 4) is 11.6 Å². The Balaban J connectivity index is 2.37. The zero-order valence-electron chi connectivity index (χ0n) is 9.69. The number of ether oxygens (including phenoxy) is 1. The number of rotatable bonds is 4. The second-order valence-electron chi connectivity index (χ2n) is 3.34. The fourth-order valence-electron chi connectivity index (χ4n) is 1.24. The van der Waals surface area contributed by atoms with Gasteiger partial charge < -0.3 is 10.1 Å². The molecule has 0 aliphatic heterocycles. The van der Waals surface area contributed by atoms with Crippen LogP contribution in [0, 0.1) is 10.1 Å². The standard InChI is InChI=1S/C9H10N6O3/c1-10-9-11-4-7(15(16)17)8(13-9)18-6-3-12-14(2)5-6/h3-5H,1-2H3,(H,10,11,13). The minimum Gasteiger partial charge on any atom is -0.430 e. The van der Waals surface area contributed by atoms with E-state index in [1.807, 2.05) is 0 Å². The highest BCUT2D eigenvalue weighted by molar-refractivity contribution is 5.44. The Hall–Kier alpha value is -2.71. The third-order valence-corrected chi connectivity index (χ3v) is 2.05. The smallest absolute Gasteiger partial charge is 0.349 e. The van der Waals surface area contributed by atoms with Crippen LogP contribution in [-0.2, 0) is 7.05 Å². The topological polar surface area (TPSA) is 108 Å². The van der Waals surface area contributed by atoms with Crippen LogP contribution in [0.2, 0.25) is 0 Å². The van der Waals surface area contributed by atoms with Gasteiger partial charge in [-0.25, -0.2) is 4.98 Å². The molecule has 0 spiro atoms. The Morgan fingerprint density at radius 1 is 1.50 bits per heavy atom. The maximum atomic E-state index is 10.8. The number of hydrogen-bond donors (Lipinski definition) is 1. The molecule has 2 aromatic heterocycles. The van der Waals surface area contributed by atoms with E-state index in [1.54, 1.807) is 20.3 Å². The van der Waals surface area contributed by atoms with E-state index >= 15 is 0 Å². The molecule has 94 valence electrons. The largest absolute Gasteiger partial charge is 0.430 e. The molecule has 0 atom stereocenters. The summed E-state index contributed by atoms with van der Waals surface area (Å²) in [5.41, 5.74) is -0.308. The monoisotopic (exact) mass is 250 g/mol. The van der Waals surface area contributed by atoms with Gasteiger partial charge in [0.15, 0.2) is 5.75 Å². The van der Waals surface area contributed by atoms with E-state index in [0.717, 1.165) is 6.20 Å². The van der Waals surface area contributed by atoms with Gasteiger partial charge in [-0.2, -0.15) is 10.1 Å². The van der Waals surface area contributed by atoms with E-state index in [4.69, 9.17) is 4.74 Å². The average Bonchev–Trinajstić information content (AvgIpc) is 2.74. The molecule has 18 heavy (non-hydrogen) atoms. The van der Waals surface area contributed by atoms with Crippen molar-refractivity contribution < 1.29 is 9.66 Å². The molecular formula is C9H10N6O3. The summed E-state index contributed by atoms with van der Waals surface area (Å²) in [7, 11) is 3.31. The van der Waals surface area contributed by atoms with Crippen LogP contribution in [-0.4, -0.2) is 31.7 Å². The lowest BCUT2D eigenvalue weighted by atomic mass is 10.5. The number of anilines is 1. The predicted molar refractivity (Wildman–Crippen MR) is 61.5 cm³/mol. The van der Waals surface area contributed by atoms with E-state index in [2.05, 4.69) is 20.4 Å². The van der Waals surface area contributed by atoms with Crippen molar-refractivity contribution in [3.05, 3.63) is 28.7 Å². The summed E-state index contributed by atoms with van der Waals surface area (Å²) in [6, 6.07) is 0. The summed E-state index contributed by atoms with van der Waals surface area (Å²) >= 11 is 0. The Morgan fingerprint density at radius 2 is 2.28 bits per heavy atom. The number of hydrogen-bond acceptors (Lipinski definition) is 7. The number of aromatic nitrogens is 4. The highest BCUT2D eigenvalue weighted by Crippen LogP contribution is 2.28. The molecule has 0 bridgehead atoms. The van der Waals surface area contributed by atoms with E-state index in [0.29, 0.717) is 5.75 Å². The molecule has 2 heterocycles. The van der Waals surface area contributed by atoms with Gasteiger partial charge in [0.25, 0.3) is 0 Å². The quantitative estimate of drug-likeness (QED) is 0.635. The Labute approximate surface area is 102 Å². The average molecular weight is 250 g/mol. The van der Waals surface area contributed by atoms with Crippen LogP contribution in [0.15, 0.2) is 18.6 Å². The van der Waals surface area contributed by atoms with E-state index in [1.165, 1.54) is 10.9 Å². The molecule has 0 saturated carbocycles. The molecule has 0 aromatic carbocycles. The summed E-state index contributed by atoms with van der Waals surface area (Å²) in [5.74, 6) is 0.466. The summed E-state index contributed by atoms with van der Waals surface area (Å²) in [6.45, 7) is 0. The lowest BCUT2D eigenvalue weighted by Gasteiger charge is -2.04. The maximum Gasteiger partial charge on any atom is 0.349 e. The number of aryl methyl sites for hydroxylation is 1. The van der Waals surface area contributed by atoms with Crippen molar-refractivity contribution in [2.24, 2.45) is 7.05 Å². The first kappa shape index (κ1) is 11.8. The number of nitrogens with zero attached hydrogens (tertiary/aromatic N) is 5. The van der Waals surface area contributed by atoms with Crippen LogP contribution in [0.4, 0.5) is 11.6 Å². The molecule has 9 nitrogen and oxygen atoms in total. The van der Waals surface area contributed by atoms with Gasteiger partial charge >= 0.3 is 11.6 Å². The van der Waals surface area contributed by atoms with Crippen molar-refractivity contribution in [3.63, 3.8) is 0 Å². The van der Waals surface area contributed by atoms with Crippen LogP contribution in [0.3, 0.4) is 0 Å². The van der Waals surface area contributed by atoms with Gasteiger partial charge in [-0.3, -0.25) is 14.8 Å². The molecular weight excluding hydrogens is 240 g/mol. The normalized spacial score (nSPS) is 10.1. The third kappa shape index (κ3) is 2.34. The van der Waals surface area contributed by atoms with Gasteiger partial charge in [0.05, 0.1) is 17.3 Å².